The predicted molar refractivity (Wildman–Crippen MR) is 137 cm³/mol. The summed E-state index contributed by atoms with van der Waals surface area (Å²) in [5.41, 5.74) is 13.0. The molecule has 0 atom stereocenters. The Morgan fingerprint density at radius 1 is 0.658 bits per heavy atom. The third-order valence-corrected chi connectivity index (χ3v) is 5.68. The third-order valence-electron chi connectivity index (χ3n) is 5.68. The van der Waals surface area contributed by atoms with Crippen LogP contribution in [0.25, 0.3) is 22.3 Å². The number of ether oxygens (including phenoxy) is 2. The molecule has 0 amide bonds. The first kappa shape index (κ1) is 26.8. The largest absolute Gasteiger partial charge is 0.462 e. The van der Waals surface area contributed by atoms with Crippen LogP contribution in [0.5, 0.6) is 0 Å². The fraction of sp³-hybridized carbons (Fsp3) is 0.143. The molecule has 0 spiro atoms. The van der Waals surface area contributed by atoms with E-state index in [0.717, 1.165) is 0 Å². The Balaban J connectivity index is 2.22. The van der Waals surface area contributed by atoms with Crippen molar-refractivity contribution in [3.05, 3.63) is 69.8 Å². The lowest BCUT2D eigenvalue weighted by Crippen LogP contribution is -2.11. The molecule has 0 radical (unpaired) electrons. The number of nitrogens with two attached hydrogens (primary N) is 2. The van der Waals surface area contributed by atoms with Gasteiger partial charge >= 0.3 is 11.9 Å². The average molecular weight is 505 g/mol. The van der Waals surface area contributed by atoms with E-state index in [1.54, 1.807) is 38.1 Å². The molecule has 0 aliphatic carbocycles. The van der Waals surface area contributed by atoms with Crippen LogP contribution in [0.1, 0.15) is 56.8 Å². The molecule has 186 valence electrons. The van der Waals surface area contributed by atoms with E-state index in [0.29, 0.717) is 22.3 Å². The van der Waals surface area contributed by atoms with Gasteiger partial charge in [-0.3, -0.25) is 0 Å². The Labute approximate surface area is 218 Å². The summed E-state index contributed by atoms with van der Waals surface area (Å²) in [7, 11) is 0. The minimum absolute atomic E-state index is 0.00674. The second kappa shape index (κ2) is 11.3. The summed E-state index contributed by atoms with van der Waals surface area (Å²) >= 11 is 0. The Morgan fingerprint density at radius 2 is 0.974 bits per heavy atom. The van der Waals surface area contributed by atoms with Crippen molar-refractivity contribution in [1.82, 2.24) is 0 Å². The Hall–Kier alpha value is -5.84. The van der Waals surface area contributed by atoms with Gasteiger partial charge in [-0.2, -0.15) is 21.0 Å². The lowest BCUT2D eigenvalue weighted by molar-refractivity contribution is 0.0516. The third kappa shape index (κ3) is 4.66. The smallest absolute Gasteiger partial charge is 0.339 e. The van der Waals surface area contributed by atoms with Crippen molar-refractivity contribution in [1.29, 1.82) is 21.0 Å². The number of carbonyl (C=O) groups is 2. The molecule has 3 aromatic carbocycles. The average Bonchev–Trinajstić information content (AvgIpc) is 2.92. The topological polar surface area (TPSA) is 200 Å². The van der Waals surface area contributed by atoms with E-state index in [-0.39, 0.29) is 58.0 Å². The van der Waals surface area contributed by atoms with Gasteiger partial charge in [-0.05, 0) is 37.1 Å². The maximum absolute atomic E-state index is 12.5. The van der Waals surface area contributed by atoms with E-state index in [4.69, 9.17) is 20.9 Å². The summed E-state index contributed by atoms with van der Waals surface area (Å²) < 4.78 is 10.1. The fourth-order valence-corrected chi connectivity index (χ4v) is 3.91. The van der Waals surface area contributed by atoms with Crippen molar-refractivity contribution in [2.45, 2.75) is 13.8 Å². The number of hydrogen-bond acceptors (Lipinski definition) is 10. The second-order valence-corrected chi connectivity index (χ2v) is 7.74. The second-order valence-electron chi connectivity index (χ2n) is 7.74. The van der Waals surface area contributed by atoms with Gasteiger partial charge in [-0.25, -0.2) is 9.59 Å². The Bertz CT molecular complexity index is 1510. The highest BCUT2D eigenvalue weighted by Gasteiger charge is 2.24. The number of nitrogen functional groups attached to an aromatic ring is 2. The molecule has 3 rings (SSSR count). The lowest BCUT2D eigenvalue weighted by atomic mass is 9.89. The van der Waals surface area contributed by atoms with Crippen molar-refractivity contribution in [3.8, 4) is 46.5 Å². The molecule has 0 fully saturated rings. The molecule has 0 bridgehead atoms. The van der Waals surface area contributed by atoms with Crippen LogP contribution in [-0.4, -0.2) is 25.2 Å². The van der Waals surface area contributed by atoms with E-state index in [2.05, 4.69) is 0 Å². The molecule has 10 nitrogen and oxygen atoms in total. The first-order valence-corrected chi connectivity index (χ1v) is 11.3. The van der Waals surface area contributed by atoms with E-state index >= 15 is 0 Å². The van der Waals surface area contributed by atoms with Crippen molar-refractivity contribution in [2.75, 3.05) is 24.7 Å². The molecular weight excluding hydrogens is 484 g/mol. The van der Waals surface area contributed by atoms with Gasteiger partial charge in [0.15, 0.2) is 0 Å². The van der Waals surface area contributed by atoms with Gasteiger partial charge in [0.2, 0.25) is 0 Å². The van der Waals surface area contributed by atoms with Crippen LogP contribution in [0.2, 0.25) is 0 Å². The van der Waals surface area contributed by atoms with Gasteiger partial charge in [-0.15, -0.1) is 0 Å². The normalized spacial score (nSPS) is 9.84. The molecule has 0 aliphatic rings. The zero-order valence-corrected chi connectivity index (χ0v) is 20.5. The van der Waals surface area contributed by atoms with Gasteiger partial charge in [0.1, 0.15) is 24.3 Å². The summed E-state index contributed by atoms with van der Waals surface area (Å²) in [4.78, 5) is 24.9. The minimum atomic E-state index is -0.753. The van der Waals surface area contributed by atoms with Gasteiger partial charge in [0.05, 0.1) is 58.0 Å². The minimum Gasteiger partial charge on any atom is -0.462 e. The molecule has 0 heterocycles. The molecule has 0 aromatic heterocycles. The van der Waals surface area contributed by atoms with Crippen LogP contribution in [0, 0.1) is 45.3 Å². The zero-order valence-electron chi connectivity index (χ0n) is 20.5. The summed E-state index contributed by atoms with van der Waals surface area (Å²) in [6.07, 6.45) is 0. The number of hydrogen-bond donors (Lipinski definition) is 2. The summed E-state index contributed by atoms with van der Waals surface area (Å²) in [6, 6.07) is 16.9. The highest BCUT2D eigenvalue weighted by Crippen LogP contribution is 2.36. The monoisotopic (exact) mass is 504 g/mol. The van der Waals surface area contributed by atoms with Crippen molar-refractivity contribution in [3.63, 3.8) is 0 Å². The first-order chi connectivity index (χ1) is 18.3. The standard InChI is InChI=1S/C28H20N6O4/c1-3-37-27(35)19-9-17(21(11-29)25(33)23(19)13-31)15-5-7-16(8-6-15)18-10-20(28(36)38-4-2)24(14-32)26(34)22(18)12-30/h5-10H,3-4,33-34H2,1-2H3. The quantitative estimate of drug-likeness (QED) is 0.365. The molecule has 4 N–H and O–H groups in total. The van der Waals surface area contributed by atoms with E-state index < -0.39 is 11.9 Å². The number of rotatable bonds is 6. The maximum atomic E-state index is 12.5. The number of nitrogens with zero attached hydrogens (tertiary/aromatic N) is 4. The van der Waals surface area contributed by atoms with Crippen LogP contribution in [0.3, 0.4) is 0 Å². The highest BCUT2D eigenvalue weighted by molar-refractivity contribution is 5.99. The summed E-state index contributed by atoms with van der Waals surface area (Å²) in [5.74, 6) is -1.51. The van der Waals surface area contributed by atoms with Crippen LogP contribution >= 0.6 is 0 Å². The zero-order chi connectivity index (χ0) is 28.0. The number of nitriles is 4. The number of esters is 2. The van der Waals surface area contributed by atoms with E-state index in [9.17, 15) is 30.6 Å². The van der Waals surface area contributed by atoms with Crippen molar-refractivity contribution in [2.24, 2.45) is 0 Å². The Morgan fingerprint density at radius 3 is 1.24 bits per heavy atom. The molecule has 3 aromatic rings. The maximum Gasteiger partial charge on any atom is 0.339 e. The van der Waals surface area contributed by atoms with Gasteiger partial charge < -0.3 is 20.9 Å². The van der Waals surface area contributed by atoms with Crippen LogP contribution in [0.4, 0.5) is 11.4 Å². The van der Waals surface area contributed by atoms with Crippen LogP contribution < -0.4 is 11.5 Å². The van der Waals surface area contributed by atoms with Crippen molar-refractivity contribution >= 4 is 23.3 Å². The van der Waals surface area contributed by atoms with Crippen molar-refractivity contribution < 1.29 is 19.1 Å². The molecule has 0 saturated carbocycles. The number of carbonyl (C=O) groups excluding carboxylic acids is 2. The fourth-order valence-electron chi connectivity index (χ4n) is 3.91. The SMILES string of the molecule is CCOC(=O)c1cc(-c2ccc(-c3cc(C(=O)OCC)c(C#N)c(N)c3C#N)cc2)c(C#N)c(N)c1C#N. The van der Waals surface area contributed by atoms with Gasteiger partial charge in [0.25, 0.3) is 0 Å². The molecule has 10 heteroatoms. The lowest BCUT2D eigenvalue weighted by Gasteiger charge is -2.15. The molecule has 0 unspecified atom stereocenters. The Kier molecular flexibility index (Phi) is 7.93. The molecular formula is C28H20N6O4. The van der Waals surface area contributed by atoms with Gasteiger partial charge in [0, 0.05) is 11.1 Å². The molecule has 0 saturated heterocycles. The molecule has 38 heavy (non-hydrogen) atoms. The highest BCUT2D eigenvalue weighted by atomic mass is 16.5. The first-order valence-electron chi connectivity index (χ1n) is 11.3. The predicted octanol–water partition coefficient (Wildman–Crippen LogP) is 4.03. The van der Waals surface area contributed by atoms with E-state index in [1.807, 2.05) is 24.3 Å². The molecule has 0 aliphatic heterocycles. The summed E-state index contributed by atoms with van der Waals surface area (Å²) in [5, 5.41) is 38.5. The van der Waals surface area contributed by atoms with Crippen LogP contribution in [0.15, 0.2) is 36.4 Å². The number of anilines is 2. The van der Waals surface area contributed by atoms with Crippen LogP contribution in [-0.2, 0) is 9.47 Å². The van der Waals surface area contributed by atoms with Gasteiger partial charge in [-0.1, -0.05) is 24.3 Å². The number of benzene rings is 3. The summed E-state index contributed by atoms with van der Waals surface area (Å²) in [6.45, 7) is 3.40. The van der Waals surface area contributed by atoms with E-state index in [1.165, 1.54) is 12.1 Å².